The first-order valence-corrected chi connectivity index (χ1v) is 12.8. The van der Waals surface area contributed by atoms with Crippen LogP contribution in [0.4, 0.5) is 0 Å². The van der Waals surface area contributed by atoms with E-state index in [1.165, 1.54) is 89.4 Å². The Bertz CT molecular complexity index is 662. The zero-order valence-electron chi connectivity index (χ0n) is 20.0. The van der Waals surface area contributed by atoms with Gasteiger partial charge in [0.25, 0.3) is 0 Å². The molecular formula is C26H44IN5. The maximum atomic E-state index is 4.50. The van der Waals surface area contributed by atoms with E-state index in [4.69, 9.17) is 0 Å². The highest BCUT2D eigenvalue weighted by atomic mass is 127. The van der Waals surface area contributed by atoms with Gasteiger partial charge in [0.1, 0.15) is 0 Å². The number of unbranched alkanes of at least 4 members (excludes halogenated alkanes) is 2. The first-order chi connectivity index (χ1) is 15.3. The van der Waals surface area contributed by atoms with Gasteiger partial charge in [-0.05, 0) is 76.6 Å². The van der Waals surface area contributed by atoms with Crippen LogP contribution in [-0.4, -0.2) is 67.1 Å². The van der Waals surface area contributed by atoms with E-state index in [9.17, 15) is 0 Å². The molecule has 0 spiro atoms. The van der Waals surface area contributed by atoms with Crippen LogP contribution in [0.2, 0.25) is 0 Å². The smallest absolute Gasteiger partial charge is 0.191 e. The van der Waals surface area contributed by atoms with Crippen LogP contribution in [0.3, 0.4) is 0 Å². The Morgan fingerprint density at radius 3 is 2.38 bits per heavy atom. The van der Waals surface area contributed by atoms with Crippen LogP contribution >= 0.6 is 24.0 Å². The van der Waals surface area contributed by atoms with Crippen LogP contribution in [0.15, 0.2) is 35.3 Å². The molecule has 3 heterocycles. The second kappa shape index (κ2) is 13.8. The standard InChI is InChI=1S/C26H43N5.HI/c1-27-26(28-15-7-3-8-16-30-17-9-4-10-18-30)29-23-19-24-13-14-25(20-23)31(24)21-22-11-5-2-6-12-22;/h2,5-6,11-12,23-25H,3-4,7-10,13-21H2,1H3,(H2,27,28,29);1H. The van der Waals surface area contributed by atoms with Gasteiger partial charge in [-0.25, -0.2) is 0 Å². The van der Waals surface area contributed by atoms with E-state index in [1.807, 2.05) is 7.05 Å². The maximum absolute atomic E-state index is 4.50. The second-order valence-electron chi connectivity index (χ2n) is 9.82. The molecule has 0 saturated carbocycles. The first-order valence-electron chi connectivity index (χ1n) is 12.8. The van der Waals surface area contributed by atoms with Crippen molar-refractivity contribution in [2.45, 2.75) is 88.9 Å². The average molecular weight is 554 g/mol. The number of aliphatic imine (C=N–C) groups is 1. The number of piperidine rings is 2. The highest BCUT2D eigenvalue weighted by molar-refractivity contribution is 14.0. The van der Waals surface area contributed by atoms with Crippen molar-refractivity contribution < 1.29 is 0 Å². The lowest BCUT2D eigenvalue weighted by Crippen LogP contribution is -2.52. The minimum Gasteiger partial charge on any atom is -0.356 e. The van der Waals surface area contributed by atoms with Crippen molar-refractivity contribution >= 4 is 29.9 Å². The molecule has 180 valence electrons. The number of likely N-dealkylation sites (tertiary alicyclic amines) is 1. The molecule has 0 aliphatic carbocycles. The molecule has 3 aliphatic rings. The Hall–Kier alpha value is -0.860. The summed E-state index contributed by atoms with van der Waals surface area (Å²) in [4.78, 5) is 9.91. The third-order valence-electron chi connectivity index (χ3n) is 7.55. The van der Waals surface area contributed by atoms with Crippen molar-refractivity contribution in [2.24, 2.45) is 4.99 Å². The minimum atomic E-state index is 0. The third kappa shape index (κ3) is 7.59. The molecule has 3 aliphatic heterocycles. The lowest BCUT2D eigenvalue weighted by atomic mass is 9.96. The summed E-state index contributed by atoms with van der Waals surface area (Å²) in [5.74, 6) is 0.997. The Morgan fingerprint density at radius 1 is 0.969 bits per heavy atom. The van der Waals surface area contributed by atoms with E-state index in [-0.39, 0.29) is 24.0 Å². The number of nitrogens with zero attached hydrogens (tertiary/aromatic N) is 3. The Balaban J connectivity index is 0.00000289. The summed E-state index contributed by atoms with van der Waals surface area (Å²) in [5, 5.41) is 7.31. The number of hydrogen-bond acceptors (Lipinski definition) is 3. The van der Waals surface area contributed by atoms with Crippen LogP contribution in [0.1, 0.15) is 69.8 Å². The predicted molar refractivity (Wildman–Crippen MR) is 146 cm³/mol. The van der Waals surface area contributed by atoms with Crippen molar-refractivity contribution in [1.82, 2.24) is 20.4 Å². The van der Waals surface area contributed by atoms with Gasteiger partial charge in [-0.2, -0.15) is 0 Å². The number of hydrogen-bond donors (Lipinski definition) is 2. The molecule has 1 aromatic carbocycles. The summed E-state index contributed by atoms with van der Waals surface area (Å²) in [6.07, 6.45) is 13.3. The lowest BCUT2D eigenvalue weighted by molar-refractivity contribution is 0.114. The molecule has 2 N–H and O–H groups in total. The summed E-state index contributed by atoms with van der Waals surface area (Å²) < 4.78 is 0. The first kappa shape index (κ1) is 25.8. The fraction of sp³-hybridized carbons (Fsp3) is 0.731. The molecule has 2 unspecified atom stereocenters. The molecule has 3 fully saturated rings. The van der Waals surface area contributed by atoms with E-state index >= 15 is 0 Å². The number of rotatable bonds is 9. The summed E-state index contributed by atoms with van der Waals surface area (Å²) in [7, 11) is 1.91. The molecule has 2 atom stereocenters. The molecule has 4 rings (SSSR count). The zero-order chi connectivity index (χ0) is 21.3. The van der Waals surface area contributed by atoms with Gasteiger partial charge < -0.3 is 15.5 Å². The molecule has 0 amide bonds. The van der Waals surface area contributed by atoms with E-state index in [0.29, 0.717) is 18.1 Å². The molecular weight excluding hydrogens is 509 g/mol. The molecule has 3 saturated heterocycles. The number of nitrogens with one attached hydrogen (secondary N) is 2. The summed E-state index contributed by atoms with van der Waals surface area (Å²) in [6.45, 7) is 6.06. The molecule has 0 aromatic heterocycles. The molecule has 2 bridgehead atoms. The molecule has 1 aromatic rings. The van der Waals surface area contributed by atoms with E-state index in [0.717, 1.165) is 19.0 Å². The monoisotopic (exact) mass is 553 g/mol. The fourth-order valence-electron chi connectivity index (χ4n) is 5.86. The fourth-order valence-corrected chi connectivity index (χ4v) is 5.86. The largest absolute Gasteiger partial charge is 0.356 e. The van der Waals surface area contributed by atoms with E-state index < -0.39 is 0 Å². The van der Waals surface area contributed by atoms with Crippen molar-refractivity contribution in [1.29, 1.82) is 0 Å². The van der Waals surface area contributed by atoms with Gasteiger partial charge in [0.2, 0.25) is 0 Å². The Kier molecular flexibility index (Phi) is 11.1. The number of halogens is 1. The second-order valence-corrected chi connectivity index (χ2v) is 9.82. The topological polar surface area (TPSA) is 42.9 Å². The van der Waals surface area contributed by atoms with Gasteiger partial charge >= 0.3 is 0 Å². The van der Waals surface area contributed by atoms with Crippen LogP contribution in [0, 0.1) is 0 Å². The van der Waals surface area contributed by atoms with Crippen molar-refractivity contribution in [3.8, 4) is 0 Å². The van der Waals surface area contributed by atoms with Gasteiger partial charge in [0.05, 0.1) is 0 Å². The Labute approximate surface area is 212 Å². The Morgan fingerprint density at radius 2 is 1.69 bits per heavy atom. The quantitative estimate of drug-likeness (QED) is 0.203. The maximum Gasteiger partial charge on any atom is 0.191 e. The lowest BCUT2D eigenvalue weighted by Gasteiger charge is -2.39. The normalized spacial score (nSPS) is 26.5. The summed E-state index contributed by atoms with van der Waals surface area (Å²) >= 11 is 0. The van der Waals surface area contributed by atoms with Crippen LogP contribution in [0.25, 0.3) is 0 Å². The number of guanidine groups is 1. The van der Waals surface area contributed by atoms with Crippen LogP contribution in [0.5, 0.6) is 0 Å². The van der Waals surface area contributed by atoms with Gasteiger partial charge in [-0.3, -0.25) is 9.89 Å². The van der Waals surface area contributed by atoms with Gasteiger partial charge in [-0.1, -0.05) is 43.2 Å². The van der Waals surface area contributed by atoms with E-state index in [1.54, 1.807) is 0 Å². The number of benzene rings is 1. The molecule has 0 radical (unpaired) electrons. The van der Waals surface area contributed by atoms with Crippen LogP contribution in [-0.2, 0) is 6.54 Å². The average Bonchev–Trinajstić information content (AvgIpc) is 3.04. The minimum absolute atomic E-state index is 0. The number of fused-ring (bicyclic) bond motifs is 2. The van der Waals surface area contributed by atoms with E-state index in [2.05, 4.69) is 55.8 Å². The highest BCUT2D eigenvalue weighted by Gasteiger charge is 2.40. The van der Waals surface area contributed by atoms with Crippen LogP contribution < -0.4 is 10.6 Å². The van der Waals surface area contributed by atoms with Crippen molar-refractivity contribution in [2.75, 3.05) is 33.2 Å². The predicted octanol–water partition coefficient (Wildman–Crippen LogP) is 4.62. The summed E-state index contributed by atoms with van der Waals surface area (Å²) in [5.41, 5.74) is 1.45. The van der Waals surface area contributed by atoms with Gasteiger partial charge in [-0.15, -0.1) is 24.0 Å². The van der Waals surface area contributed by atoms with Crippen molar-refractivity contribution in [3.05, 3.63) is 35.9 Å². The highest BCUT2D eigenvalue weighted by Crippen LogP contribution is 2.36. The van der Waals surface area contributed by atoms with Gasteiger partial charge in [0.15, 0.2) is 5.96 Å². The third-order valence-corrected chi connectivity index (χ3v) is 7.55. The van der Waals surface area contributed by atoms with Crippen molar-refractivity contribution in [3.63, 3.8) is 0 Å². The zero-order valence-corrected chi connectivity index (χ0v) is 22.3. The molecule has 6 heteroatoms. The summed E-state index contributed by atoms with van der Waals surface area (Å²) in [6, 6.07) is 12.9. The SMILES string of the molecule is CN=C(NCCCCCN1CCCCC1)NC1CC2CCC(C1)N2Cc1ccccc1.I. The van der Waals surface area contributed by atoms with Gasteiger partial charge in [0, 0.05) is 38.3 Å². The molecule has 5 nitrogen and oxygen atoms in total. The molecule has 32 heavy (non-hydrogen) atoms.